The molecular formula is C24H33F2N3O2. The fourth-order valence-corrected chi connectivity index (χ4v) is 4.85. The molecular weight excluding hydrogens is 400 g/mol. The Bertz CT molecular complexity index is 819. The van der Waals surface area contributed by atoms with Gasteiger partial charge in [0.05, 0.1) is 12.2 Å². The summed E-state index contributed by atoms with van der Waals surface area (Å²) in [6, 6.07) is 9.75. The van der Waals surface area contributed by atoms with E-state index in [1.54, 1.807) is 15.9 Å². The van der Waals surface area contributed by atoms with Gasteiger partial charge in [0.15, 0.2) is 0 Å². The van der Waals surface area contributed by atoms with E-state index in [0.29, 0.717) is 39.3 Å². The first-order valence-corrected chi connectivity index (χ1v) is 11.1. The summed E-state index contributed by atoms with van der Waals surface area (Å²) in [5.74, 6) is -2.84. The summed E-state index contributed by atoms with van der Waals surface area (Å²) in [7, 11) is 0. The lowest BCUT2D eigenvalue weighted by atomic mass is 9.71. The van der Waals surface area contributed by atoms with Crippen molar-refractivity contribution >= 4 is 6.09 Å². The highest BCUT2D eigenvalue weighted by Gasteiger charge is 2.51. The Labute approximate surface area is 183 Å². The van der Waals surface area contributed by atoms with Gasteiger partial charge in [-0.3, -0.25) is 4.90 Å². The summed E-state index contributed by atoms with van der Waals surface area (Å²) in [6.07, 6.45) is 3.09. The Morgan fingerprint density at radius 2 is 1.71 bits per heavy atom. The number of ether oxygens (including phenoxy) is 1. The van der Waals surface area contributed by atoms with Crippen molar-refractivity contribution in [2.45, 2.75) is 51.7 Å². The molecule has 7 heteroatoms. The van der Waals surface area contributed by atoms with Gasteiger partial charge in [0.1, 0.15) is 5.60 Å². The number of piperidine rings is 1. The monoisotopic (exact) mass is 433 g/mol. The normalized spacial score (nSPS) is 23.3. The molecule has 4 rings (SSSR count). The molecule has 0 atom stereocenters. The molecule has 3 aliphatic rings. The third kappa shape index (κ3) is 5.03. The Balaban J connectivity index is 1.30. The second-order valence-corrected chi connectivity index (χ2v) is 10.3. The van der Waals surface area contributed by atoms with Gasteiger partial charge < -0.3 is 14.5 Å². The van der Waals surface area contributed by atoms with Crippen molar-refractivity contribution in [3.8, 4) is 0 Å². The van der Waals surface area contributed by atoms with Crippen LogP contribution in [0.25, 0.3) is 0 Å². The topological polar surface area (TPSA) is 36.0 Å². The van der Waals surface area contributed by atoms with Gasteiger partial charge in [-0.05, 0) is 45.3 Å². The average Bonchev–Trinajstić information content (AvgIpc) is 2.65. The molecule has 170 valence electrons. The Morgan fingerprint density at radius 3 is 2.29 bits per heavy atom. The molecule has 0 saturated carbocycles. The second kappa shape index (κ2) is 8.08. The second-order valence-electron chi connectivity index (χ2n) is 10.3. The van der Waals surface area contributed by atoms with Crippen LogP contribution in [0, 0.1) is 5.41 Å². The van der Waals surface area contributed by atoms with Crippen molar-refractivity contribution in [3.05, 3.63) is 47.7 Å². The van der Waals surface area contributed by atoms with Gasteiger partial charge >= 0.3 is 6.09 Å². The molecule has 0 unspecified atom stereocenters. The van der Waals surface area contributed by atoms with Crippen molar-refractivity contribution in [3.63, 3.8) is 0 Å². The quantitative estimate of drug-likeness (QED) is 0.710. The van der Waals surface area contributed by atoms with Gasteiger partial charge in [-0.25, -0.2) is 4.79 Å². The summed E-state index contributed by atoms with van der Waals surface area (Å²) in [5.41, 5.74) is 0.760. The smallest absolute Gasteiger partial charge is 0.410 e. The number of likely N-dealkylation sites (tertiary alicyclic amines) is 2. The van der Waals surface area contributed by atoms with Crippen LogP contribution in [-0.4, -0.2) is 71.6 Å². The highest BCUT2D eigenvalue weighted by Crippen LogP contribution is 2.45. The Morgan fingerprint density at radius 1 is 1.06 bits per heavy atom. The molecule has 2 saturated heterocycles. The summed E-state index contributed by atoms with van der Waals surface area (Å²) in [6.45, 7) is 8.96. The van der Waals surface area contributed by atoms with Gasteiger partial charge in [-0.2, -0.15) is 8.78 Å². The predicted molar refractivity (Wildman–Crippen MR) is 116 cm³/mol. The number of rotatable bonds is 3. The first kappa shape index (κ1) is 22.1. The van der Waals surface area contributed by atoms with E-state index in [1.165, 1.54) is 0 Å². The molecule has 0 N–H and O–H groups in total. The molecule has 5 nitrogen and oxygen atoms in total. The molecule has 3 aliphatic heterocycles. The van der Waals surface area contributed by atoms with Gasteiger partial charge in [0.2, 0.25) is 0 Å². The zero-order valence-corrected chi connectivity index (χ0v) is 18.7. The average molecular weight is 434 g/mol. The maximum Gasteiger partial charge on any atom is 0.410 e. The molecule has 1 amide bonds. The fraction of sp³-hybridized carbons (Fsp3) is 0.625. The van der Waals surface area contributed by atoms with E-state index in [0.717, 1.165) is 18.4 Å². The van der Waals surface area contributed by atoms with E-state index in [2.05, 4.69) is 0 Å². The van der Waals surface area contributed by atoms with Crippen molar-refractivity contribution in [2.24, 2.45) is 5.41 Å². The number of carbonyl (C=O) groups is 1. The molecule has 31 heavy (non-hydrogen) atoms. The number of carbonyl (C=O) groups excluding carboxylic acids is 1. The van der Waals surface area contributed by atoms with Gasteiger partial charge in [0.25, 0.3) is 5.92 Å². The molecule has 2 fully saturated rings. The van der Waals surface area contributed by atoms with Gasteiger partial charge in [0, 0.05) is 44.7 Å². The first-order valence-electron chi connectivity index (χ1n) is 11.1. The number of halogens is 2. The summed E-state index contributed by atoms with van der Waals surface area (Å²) >= 11 is 0. The minimum Gasteiger partial charge on any atom is -0.444 e. The van der Waals surface area contributed by atoms with Crippen LogP contribution in [0.4, 0.5) is 13.6 Å². The molecule has 0 radical (unpaired) electrons. The van der Waals surface area contributed by atoms with E-state index in [-0.39, 0.29) is 23.8 Å². The van der Waals surface area contributed by atoms with Crippen LogP contribution in [0.3, 0.4) is 0 Å². The molecule has 1 aromatic carbocycles. The van der Waals surface area contributed by atoms with Crippen LogP contribution in [0.5, 0.6) is 0 Å². The molecule has 0 aliphatic carbocycles. The maximum absolute atomic E-state index is 15.0. The molecule has 3 heterocycles. The first-order chi connectivity index (χ1) is 14.6. The summed E-state index contributed by atoms with van der Waals surface area (Å²) in [5, 5.41) is 0. The standard InChI is InChI=1S/C24H33F2N3O2/c1-22(2,3)31-21(30)28-13-10-23(11-14-28)16-29(17-23)20-9-12-27(18-24(20,25)26)15-19-7-5-4-6-8-19/h4-9H,10-18H2,1-3H3. The van der Waals surface area contributed by atoms with Crippen LogP contribution in [-0.2, 0) is 11.3 Å². The van der Waals surface area contributed by atoms with E-state index in [4.69, 9.17) is 4.74 Å². The fourth-order valence-electron chi connectivity index (χ4n) is 4.85. The molecule has 1 aromatic rings. The van der Waals surface area contributed by atoms with Crippen LogP contribution >= 0.6 is 0 Å². The third-order valence-electron chi connectivity index (χ3n) is 6.46. The molecule has 0 aromatic heterocycles. The van der Waals surface area contributed by atoms with Crippen LogP contribution in [0.15, 0.2) is 42.1 Å². The maximum atomic E-state index is 15.0. The minimum atomic E-state index is -2.84. The highest BCUT2D eigenvalue weighted by atomic mass is 19.3. The minimum absolute atomic E-state index is 0.0383. The van der Waals surface area contributed by atoms with Crippen molar-refractivity contribution in [1.82, 2.24) is 14.7 Å². The number of hydrogen-bond donors (Lipinski definition) is 0. The summed E-state index contributed by atoms with van der Waals surface area (Å²) < 4.78 is 35.4. The van der Waals surface area contributed by atoms with Crippen LogP contribution in [0.2, 0.25) is 0 Å². The van der Waals surface area contributed by atoms with Crippen LogP contribution in [0.1, 0.15) is 39.2 Å². The number of benzene rings is 1. The van der Waals surface area contributed by atoms with E-state index >= 15 is 0 Å². The number of nitrogens with zero attached hydrogens (tertiary/aromatic N) is 3. The number of amides is 1. The Kier molecular flexibility index (Phi) is 5.75. The molecule has 0 bridgehead atoms. The lowest BCUT2D eigenvalue weighted by Gasteiger charge is -2.56. The Hall–Kier alpha value is -2.15. The lowest BCUT2D eigenvalue weighted by Crippen LogP contribution is -2.63. The SMILES string of the molecule is CC(C)(C)OC(=O)N1CCC2(CC1)CN(C1=CCN(Cc3ccccc3)CC1(F)F)C2. The van der Waals surface area contributed by atoms with Gasteiger partial charge in [-0.1, -0.05) is 30.3 Å². The number of alkyl halides is 2. The van der Waals surface area contributed by atoms with Crippen molar-refractivity contribution < 1.29 is 18.3 Å². The predicted octanol–water partition coefficient (Wildman–Crippen LogP) is 4.35. The largest absolute Gasteiger partial charge is 0.444 e. The van der Waals surface area contributed by atoms with Gasteiger partial charge in [-0.15, -0.1) is 0 Å². The zero-order valence-electron chi connectivity index (χ0n) is 18.7. The highest BCUT2D eigenvalue weighted by molar-refractivity contribution is 5.68. The van der Waals surface area contributed by atoms with Crippen molar-refractivity contribution in [2.75, 3.05) is 39.3 Å². The van der Waals surface area contributed by atoms with E-state index < -0.39 is 11.5 Å². The van der Waals surface area contributed by atoms with Crippen LogP contribution < -0.4 is 0 Å². The number of hydrogen-bond acceptors (Lipinski definition) is 4. The summed E-state index contributed by atoms with van der Waals surface area (Å²) in [4.78, 5) is 17.7. The van der Waals surface area contributed by atoms with E-state index in [1.807, 2.05) is 56.0 Å². The molecule has 1 spiro atoms. The lowest BCUT2D eigenvalue weighted by molar-refractivity contribution is -0.0850. The zero-order chi connectivity index (χ0) is 22.3. The van der Waals surface area contributed by atoms with E-state index in [9.17, 15) is 13.6 Å². The third-order valence-corrected chi connectivity index (χ3v) is 6.46. The van der Waals surface area contributed by atoms with Crippen molar-refractivity contribution in [1.29, 1.82) is 0 Å².